The Hall–Kier alpha value is -4.11. The number of rotatable bonds is 60. The number of nitrogens with zero attached hydrogens (tertiary/aromatic N) is 1. The van der Waals surface area contributed by atoms with Gasteiger partial charge in [-0.2, -0.15) is 0 Å². The maximum atomic E-state index is 12.9. The number of carbonyl (C=O) groups is 2. The lowest BCUT2D eigenvalue weighted by Crippen LogP contribution is -2.37. The third-order valence-electron chi connectivity index (χ3n) is 13.9. The molecule has 0 radical (unpaired) electrons. The number of carbonyl (C=O) groups excluding carboxylic acids is 2. The molecule has 0 rings (SSSR count). The first-order valence-electron chi connectivity index (χ1n) is 33.6. The van der Waals surface area contributed by atoms with Crippen LogP contribution < -0.4 is 0 Å². The summed E-state index contributed by atoms with van der Waals surface area (Å²) in [5, 5.41) is 0. The number of unbranched alkanes of at least 4 members (excludes halogenated alkanes) is 22. The van der Waals surface area contributed by atoms with Gasteiger partial charge in [0, 0.05) is 12.8 Å². The predicted molar refractivity (Wildman–Crippen MR) is 362 cm³/mol. The Kier molecular flexibility index (Phi) is 60.3. The third-order valence-corrected chi connectivity index (χ3v) is 14.8. The molecule has 10 heteroatoms. The number of ether oxygens (including phenoxy) is 2. The van der Waals surface area contributed by atoms with Gasteiger partial charge in [-0.15, -0.1) is 0 Å². The molecular weight excluding hydrogens is 1060 g/mol. The molecule has 0 saturated heterocycles. The second kappa shape index (κ2) is 63.4. The van der Waals surface area contributed by atoms with Crippen molar-refractivity contribution in [2.75, 3.05) is 47.5 Å². The number of hydrogen-bond acceptors (Lipinski definition) is 7. The van der Waals surface area contributed by atoms with Crippen LogP contribution in [-0.4, -0.2) is 74.9 Å². The summed E-state index contributed by atoms with van der Waals surface area (Å²) < 4.78 is 34.7. The monoisotopic (exact) mass is 1190 g/mol. The summed E-state index contributed by atoms with van der Waals surface area (Å²) in [5.74, 6) is -0.815. The molecule has 2 unspecified atom stereocenters. The fourth-order valence-corrected chi connectivity index (χ4v) is 9.53. The molecule has 0 aromatic rings. The fraction of sp³-hybridized carbons (Fsp3) is 0.649. The van der Waals surface area contributed by atoms with Crippen LogP contribution >= 0.6 is 7.82 Å². The van der Waals surface area contributed by atoms with Crippen molar-refractivity contribution in [3.05, 3.63) is 146 Å². The Labute approximate surface area is 516 Å². The molecule has 0 aliphatic rings. The van der Waals surface area contributed by atoms with Gasteiger partial charge in [-0.25, -0.2) is 4.57 Å². The van der Waals surface area contributed by atoms with E-state index in [9.17, 15) is 19.0 Å². The van der Waals surface area contributed by atoms with Crippen molar-refractivity contribution in [1.29, 1.82) is 0 Å². The Morgan fingerprint density at radius 3 is 0.952 bits per heavy atom. The standard InChI is InChI=1S/C74H124NO8P/c1-6-8-10-12-14-16-18-20-22-24-26-28-30-32-34-36-37-39-40-42-44-46-48-50-52-54-56-58-60-62-64-66-73(76)80-70-72(71-82-84(78,79)81-69-68-75(3,4)5)83-74(77)67-65-63-61-59-57-55-53-51-49-47-45-43-41-38-35-33-31-29-27-25-23-21-19-17-15-13-11-9-7-2/h8-11,14-17,20-23,26-29,32-35,41,43,47,49,72H,6-7,12-13,18-19,24-25,30-31,36-40,42,44-46,48,50-71H2,1-5H3/p+1/b10-8-,11-9-,16-14-,17-15-,22-20-,23-21-,28-26-,29-27-,34-32-,35-33-,43-41-,49-47-. The molecule has 0 aromatic carbocycles. The van der Waals surface area contributed by atoms with E-state index in [1.54, 1.807) is 0 Å². The maximum Gasteiger partial charge on any atom is 0.472 e. The van der Waals surface area contributed by atoms with Crippen molar-refractivity contribution in [1.82, 2.24) is 0 Å². The number of quaternary nitrogens is 1. The summed E-state index contributed by atoms with van der Waals surface area (Å²) >= 11 is 0. The van der Waals surface area contributed by atoms with Crippen LogP contribution in [0.15, 0.2) is 146 Å². The first-order chi connectivity index (χ1) is 41.0. The molecule has 0 aliphatic carbocycles. The quantitative estimate of drug-likeness (QED) is 0.0211. The zero-order chi connectivity index (χ0) is 61.2. The van der Waals surface area contributed by atoms with Gasteiger partial charge < -0.3 is 18.9 Å². The van der Waals surface area contributed by atoms with Crippen molar-refractivity contribution in [2.24, 2.45) is 0 Å². The average Bonchev–Trinajstić information content (AvgIpc) is 3.61. The summed E-state index contributed by atoms with van der Waals surface area (Å²) in [6.07, 6.45) is 93.6. The van der Waals surface area contributed by atoms with Gasteiger partial charge in [-0.3, -0.25) is 18.6 Å². The maximum absolute atomic E-state index is 12.9. The molecular formula is C74H125NO8P+. The summed E-state index contributed by atoms with van der Waals surface area (Å²) in [6.45, 7) is 4.19. The molecule has 2 atom stereocenters. The van der Waals surface area contributed by atoms with Crippen LogP contribution in [0.5, 0.6) is 0 Å². The van der Waals surface area contributed by atoms with Gasteiger partial charge in [0.2, 0.25) is 0 Å². The molecule has 0 saturated carbocycles. The largest absolute Gasteiger partial charge is 0.472 e. The smallest absolute Gasteiger partial charge is 0.462 e. The molecule has 0 spiro atoms. The molecule has 0 bridgehead atoms. The Morgan fingerprint density at radius 1 is 0.369 bits per heavy atom. The van der Waals surface area contributed by atoms with E-state index in [2.05, 4.69) is 160 Å². The first-order valence-corrected chi connectivity index (χ1v) is 35.1. The molecule has 84 heavy (non-hydrogen) atoms. The third kappa shape index (κ3) is 67.0. The van der Waals surface area contributed by atoms with Crippen LogP contribution in [0, 0.1) is 0 Å². The van der Waals surface area contributed by atoms with E-state index in [0.717, 1.165) is 122 Å². The van der Waals surface area contributed by atoms with Crippen LogP contribution in [0.25, 0.3) is 0 Å². The average molecular weight is 1190 g/mol. The SMILES string of the molecule is CC/C=C\C/C=C\C/C=C\C/C=C\C/C=C\C/C=C\C/C=C\CCCCCCCCCC(=O)OC(COC(=O)CCCCCCCCCCCCCCCCC/C=C\C/C=C\C/C=C\C/C=C\C/C=C\CC)COP(=O)(O)OCC[N+](C)(C)C. The number of phosphoric ester groups is 1. The molecule has 0 heterocycles. The van der Waals surface area contributed by atoms with Gasteiger partial charge >= 0.3 is 19.8 Å². The van der Waals surface area contributed by atoms with Crippen LogP contribution in [0.4, 0.5) is 0 Å². The van der Waals surface area contributed by atoms with E-state index in [1.807, 2.05) is 21.1 Å². The van der Waals surface area contributed by atoms with Crippen molar-refractivity contribution >= 4 is 19.8 Å². The van der Waals surface area contributed by atoms with Gasteiger partial charge in [0.1, 0.15) is 19.8 Å². The lowest BCUT2D eigenvalue weighted by molar-refractivity contribution is -0.870. The van der Waals surface area contributed by atoms with E-state index in [0.29, 0.717) is 17.4 Å². The second-order valence-corrected chi connectivity index (χ2v) is 24.5. The molecule has 0 fully saturated rings. The van der Waals surface area contributed by atoms with Crippen LogP contribution in [-0.2, 0) is 32.7 Å². The number of esters is 2. The van der Waals surface area contributed by atoms with E-state index >= 15 is 0 Å². The van der Waals surface area contributed by atoms with Crippen LogP contribution in [0.1, 0.15) is 258 Å². The highest BCUT2D eigenvalue weighted by atomic mass is 31.2. The highest BCUT2D eigenvalue weighted by Gasteiger charge is 2.27. The van der Waals surface area contributed by atoms with E-state index in [1.165, 1.54) is 103 Å². The van der Waals surface area contributed by atoms with Crippen LogP contribution in [0.2, 0.25) is 0 Å². The highest BCUT2D eigenvalue weighted by Crippen LogP contribution is 2.43. The lowest BCUT2D eigenvalue weighted by Gasteiger charge is -2.24. The highest BCUT2D eigenvalue weighted by molar-refractivity contribution is 7.47. The van der Waals surface area contributed by atoms with Crippen molar-refractivity contribution in [3.63, 3.8) is 0 Å². The Balaban J connectivity index is 4.14. The summed E-state index contributed by atoms with van der Waals surface area (Å²) in [6, 6.07) is 0. The van der Waals surface area contributed by atoms with Gasteiger partial charge in [-0.1, -0.05) is 275 Å². The Bertz CT molecular complexity index is 1930. The number of phosphoric acid groups is 1. The van der Waals surface area contributed by atoms with E-state index in [-0.39, 0.29) is 32.0 Å². The van der Waals surface area contributed by atoms with Crippen LogP contribution in [0.3, 0.4) is 0 Å². The molecule has 9 nitrogen and oxygen atoms in total. The number of allylic oxidation sites excluding steroid dienone is 24. The van der Waals surface area contributed by atoms with Crippen molar-refractivity contribution < 1.29 is 42.1 Å². The molecule has 1 N–H and O–H groups in total. The summed E-state index contributed by atoms with van der Waals surface area (Å²) in [7, 11) is 1.45. The summed E-state index contributed by atoms with van der Waals surface area (Å²) in [5.41, 5.74) is 0. The van der Waals surface area contributed by atoms with Gasteiger partial charge in [-0.05, 0) is 116 Å². The molecule has 0 amide bonds. The zero-order valence-corrected chi connectivity index (χ0v) is 55.2. The van der Waals surface area contributed by atoms with Gasteiger partial charge in [0.15, 0.2) is 6.10 Å². The number of hydrogen-bond donors (Lipinski definition) is 1. The normalized spacial score (nSPS) is 14.1. The Morgan fingerprint density at radius 2 is 0.643 bits per heavy atom. The first kappa shape index (κ1) is 79.9. The minimum Gasteiger partial charge on any atom is -0.462 e. The van der Waals surface area contributed by atoms with Crippen molar-refractivity contribution in [2.45, 2.75) is 264 Å². The predicted octanol–water partition coefficient (Wildman–Crippen LogP) is 21.8. The molecule has 478 valence electrons. The lowest BCUT2D eigenvalue weighted by atomic mass is 10.0. The minimum atomic E-state index is -4.40. The molecule has 0 aromatic heterocycles. The van der Waals surface area contributed by atoms with E-state index in [4.69, 9.17) is 18.5 Å². The van der Waals surface area contributed by atoms with Gasteiger partial charge in [0.05, 0.1) is 27.7 Å². The van der Waals surface area contributed by atoms with E-state index < -0.39 is 26.5 Å². The van der Waals surface area contributed by atoms with Crippen molar-refractivity contribution in [3.8, 4) is 0 Å². The topological polar surface area (TPSA) is 108 Å². The number of likely N-dealkylation sites (N-methyl/N-ethyl adjacent to an activating group) is 1. The fourth-order valence-electron chi connectivity index (χ4n) is 8.79. The molecule has 0 aliphatic heterocycles. The second-order valence-electron chi connectivity index (χ2n) is 23.1. The zero-order valence-electron chi connectivity index (χ0n) is 54.3. The summed E-state index contributed by atoms with van der Waals surface area (Å²) in [4.78, 5) is 35.9. The van der Waals surface area contributed by atoms with Gasteiger partial charge in [0.25, 0.3) is 0 Å². The minimum absolute atomic E-state index is 0.0223.